The van der Waals surface area contributed by atoms with Gasteiger partial charge in [-0.25, -0.2) is 4.98 Å². The molecular weight excluding hydrogens is 288 g/mol. The summed E-state index contributed by atoms with van der Waals surface area (Å²) in [7, 11) is 0. The summed E-state index contributed by atoms with van der Waals surface area (Å²) < 4.78 is 0. The van der Waals surface area contributed by atoms with E-state index in [9.17, 15) is 4.79 Å². The second-order valence-corrected chi connectivity index (χ2v) is 5.75. The fourth-order valence-corrected chi connectivity index (χ4v) is 2.74. The summed E-state index contributed by atoms with van der Waals surface area (Å²) in [5.74, 6) is 0.175. The second-order valence-electron chi connectivity index (χ2n) is 5.75. The molecule has 120 valence electrons. The summed E-state index contributed by atoms with van der Waals surface area (Å²) in [4.78, 5) is 23.5. The van der Waals surface area contributed by atoms with Gasteiger partial charge in [0.1, 0.15) is 0 Å². The highest BCUT2D eigenvalue weighted by atomic mass is 16.2. The van der Waals surface area contributed by atoms with Crippen LogP contribution in [0.2, 0.25) is 0 Å². The van der Waals surface area contributed by atoms with Crippen molar-refractivity contribution >= 4 is 12.0 Å². The average molecular weight is 310 g/mol. The van der Waals surface area contributed by atoms with Crippen LogP contribution in [0.5, 0.6) is 0 Å². The molecule has 1 aliphatic heterocycles. The van der Waals surface area contributed by atoms with Crippen molar-refractivity contribution in [3.05, 3.63) is 60.2 Å². The third-order valence-corrected chi connectivity index (χ3v) is 4.10. The van der Waals surface area contributed by atoms with Gasteiger partial charge >= 0.3 is 0 Å². The molecule has 1 aliphatic rings. The molecule has 5 heteroatoms. The Morgan fingerprint density at radius 1 is 1.17 bits per heavy atom. The lowest BCUT2D eigenvalue weighted by Gasteiger charge is -2.34. The first-order valence-corrected chi connectivity index (χ1v) is 8.00. The van der Waals surface area contributed by atoms with Crippen molar-refractivity contribution in [3.8, 4) is 0 Å². The van der Waals surface area contributed by atoms with Gasteiger partial charge < -0.3 is 9.88 Å². The number of nitrogens with one attached hydrogen (secondary N) is 1. The second kappa shape index (κ2) is 7.74. The van der Waals surface area contributed by atoms with Crippen LogP contribution in [-0.4, -0.2) is 58.4 Å². The maximum Gasteiger partial charge on any atom is 0.228 e. The van der Waals surface area contributed by atoms with Gasteiger partial charge in [0.05, 0.1) is 12.7 Å². The number of amides is 1. The molecule has 1 aromatic carbocycles. The Hall–Kier alpha value is -2.40. The minimum absolute atomic E-state index is 0.175. The van der Waals surface area contributed by atoms with Gasteiger partial charge in [-0.3, -0.25) is 9.69 Å². The minimum Gasteiger partial charge on any atom is -0.348 e. The van der Waals surface area contributed by atoms with Crippen molar-refractivity contribution in [2.75, 3.05) is 32.7 Å². The Balaban J connectivity index is 1.41. The van der Waals surface area contributed by atoms with Crippen LogP contribution in [0.1, 0.15) is 11.3 Å². The first kappa shape index (κ1) is 15.5. The molecule has 0 unspecified atom stereocenters. The van der Waals surface area contributed by atoms with Crippen molar-refractivity contribution < 1.29 is 4.79 Å². The van der Waals surface area contributed by atoms with E-state index in [4.69, 9.17) is 0 Å². The maximum absolute atomic E-state index is 12.2. The summed E-state index contributed by atoms with van der Waals surface area (Å²) in [5.41, 5.74) is 2.10. The molecule has 0 bridgehead atoms. The lowest BCUT2D eigenvalue weighted by molar-refractivity contribution is -0.132. The van der Waals surface area contributed by atoms with Gasteiger partial charge in [-0.05, 0) is 5.56 Å². The number of benzene rings is 1. The van der Waals surface area contributed by atoms with Crippen LogP contribution in [-0.2, 0) is 11.2 Å². The van der Waals surface area contributed by atoms with Crippen LogP contribution in [0.3, 0.4) is 0 Å². The van der Waals surface area contributed by atoms with E-state index in [0.29, 0.717) is 6.42 Å². The number of carbonyl (C=O) groups excluding carboxylic acids is 1. The summed E-state index contributed by atoms with van der Waals surface area (Å²) in [6.45, 7) is 4.37. The van der Waals surface area contributed by atoms with E-state index in [2.05, 4.69) is 39.2 Å². The predicted octanol–water partition coefficient (Wildman–Crippen LogP) is 1.81. The highest BCUT2D eigenvalue weighted by Crippen LogP contribution is 2.06. The quantitative estimate of drug-likeness (QED) is 0.916. The number of hydrogen-bond donors (Lipinski definition) is 1. The molecule has 1 amide bonds. The smallest absolute Gasteiger partial charge is 0.228 e. The lowest BCUT2D eigenvalue weighted by atomic mass is 10.2. The fraction of sp³-hybridized carbons (Fsp3) is 0.333. The largest absolute Gasteiger partial charge is 0.348 e. The number of carbonyl (C=O) groups is 1. The van der Waals surface area contributed by atoms with Crippen LogP contribution in [0.25, 0.3) is 6.08 Å². The van der Waals surface area contributed by atoms with E-state index < -0.39 is 0 Å². The van der Waals surface area contributed by atoms with Crippen molar-refractivity contribution in [1.82, 2.24) is 19.8 Å². The number of hydrogen-bond acceptors (Lipinski definition) is 3. The lowest BCUT2D eigenvalue weighted by Crippen LogP contribution is -2.49. The molecule has 0 atom stereocenters. The van der Waals surface area contributed by atoms with E-state index in [-0.39, 0.29) is 5.91 Å². The molecule has 3 rings (SSSR count). The van der Waals surface area contributed by atoms with Crippen molar-refractivity contribution in [2.24, 2.45) is 0 Å². The van der Waals surface area contributed by atoms with Crippen LogP contribution in [0.15, 0.2) is 48.9 Å². The van der Waals surface area contributed by atoms with Crippen LogP contribution in [0.4, 0.5) is 0 Å². The van der Waals surface area contributed by atoms with Crippen LogP contribution >= 0.6 is 0 Å². The molecule has 23 heavy (non-hydrogen) atoms. The Bertz CT molecular complexity index is 628. The zero-order chi connectivity index (χ0) is 15.9. The SMILES string of the molecule is O=C(Cc1cnc[nH]1)N1CCN(C/C=C/c2ccccc2)CC1. The highest BCUT2D eigenvalue weighted by Gasteiger charge is 2.20. The van der Waals surface area contributed by atoms with Crippen LogP contribution in [0, 0.1) is 0 Å². The van der Waals surface area contributed by atoms with Gasteiger partial charge in [-0.1, -0.05) is 42.5 Å². The number of aromatic amines is 1. The van der Waals surface area contributed by atoms with E-state index in [1.807, 2.05) is 23.1 Å². The molecular formula is C18H22N4O. The number of imidazole rings is 1. The van der Waals surface area contributed by atoms with E-state index in [0.717, 1.165) is 38.4 Å². The number of nitrogens with zero attached hydrogens (tertiary/aromatic N) is 3. The van der Waals surface area contributed by atoms with E-state index in [1.54, 1.807) is 12.5 Å². The summed E-state index contributed by atoms with van der Waals surface area (Å²) in [6.07, 6.45) is 8.07. The zero-order valence-corrected chi connectivity index (χ0v) is 13.2. The normalized spacial score (nSPS) is 16.1. The molecule has 2 heterocycles. The van der Waals surface area contributed by atoms with Crippen molar-refractivity contribution in [2.45, 2.75) is 6.42 Å². The third kappa shape index (κ3) is 4.53. The van der Waals surface area contributed by atoms with Gasteiger partial charge in [-0.15, -0.1) is 0 Å². The first-order valence-electron chi connectivity index (χ1n) is 8.00. The molecule has 0 saturated carbocycles. The van der Waals surface area contributed by atoms with Gasteiger partial charge in [0.25, 0.3) is 0 Å². The van der Waals surface area contributed by atoms with E-state index >= 15 is 0 Å². The third-order valence-electron chi connectivity index (χ3n) is 4.10. The fourth-order valence-electron chi connectivity index (χ4n) is 2.74. The van der Waals surface area contributed by atoms with Gasteiger partial charge in [0.2, 0.25) is 5.91 Å². The Morgan fingerprint density at radius 3 is 2.65 bits per heavy atom. The molecule has 1 fully saturated rings. The van der Waals surface area contributed by atoms with Crippen molar-refractivity contribution in [1.29, 1.82) is 0 Å². The first-order chi connectivity index (χ1) is 11.3. The number of piperazine rings is 1. The molecule has 1 saturated heterocycles. The number of aromatic nitrogens is 2. The molecule has 0 aliphatic carbocycles. The summed E-state index contributed by atoms with van der Waals surface area (Å²) >= 11 is 0. The number of H-pyrrole nitrogens is 1. The standard InChI is InChI=1S/C18H22N4O/c23-18(13-17-14-19-15-20-17)22-11-9-21(10-12-22)8-4-7-16-5-2-1-3-6-16/h1-7,14-15H,8-13H2,(H,19,20)/b7-4+. The Kier molecular flexibility index (Phi) is 5.21. The minimum atomic E-state index is 0.175. The average Bonchev–Trinajstić information content (AvgIpc) is 3.09. The maximum atomic E-state index is 12.2. The van der Waals surface area contributed by atoms with Gasteiger partial charge in [0.15, 0.2) is 0 Å². The Labute approximate surface area is 136 Å². The monoisotopic (exact) mass is 310 g/mol. The van der Waals surface area contributed by atoms with Gasteiger partial charge in [0, 0.05) is 44.6 Å². The van der Waals surface area contributed by atoms with E-state index in [1.165, 1.54) is 5.56 Å². The molecule has 5 nitrogen and oxygen atoms in total. The molecule has 0 spiro atoms. The summed E-state index contributed by atoms with van der Waals surface area (Å²) in [6, 6.07) is 10.3. The Morgan fingerprint density at radius 2 is 1.96 bits per heavy atom. The molecule has 0 radical (unpaired) electrons. The predicted molar refractivity (Wildman–Crippen MR) is 90.8 cm³/mol. The molecule has 1 N–H and O–H groups in total. The van der Waals surface area contributed by atoms with Crippen molar-refractivity contribution in [3.63, 3.8) is 0 Å². The number of rotatable bonds is 5. The summed E-state index contributed by atoms with van der Waals surface area (Å²) in [5, 5.41) is 0. The van der Waals surface area contributed by atoms with Crippen LogP contribution < -0.4 is 0 Å². The molecule has 2 aromatic rings. The van der Waals surface area contributed by atoms with Gasteiger partial charge in [-0.2, -0.15) is 0 Å². The zero-order valence-electron chi connectivity index (χ0n) is 13.2. The molecule has 1 aromatic heterocycles. The topological polar surface area (TPSA) is 52.2 Å². The highest BCUT2D eigenvalue weighted by molar-refractivity contribution is 5.78.